The van der Waals surface area contributed by atoms with Crippen molar-refractivity contribution in [2.24, 2.45) is 9.98 Å². The number of para-hydroxylation sites is 1. The molecule has 60 valence electrons. The second-order valence-electron chi connectivity index (χ2n) is 2.86. The Labute approximate surface area is 71.7 Å². The molecule has 2 heteroatoms. The van der Waals surface area contributed by atoms with E-state index >= 15 is 0 Å². The van der Waals surface area contributed by atoms with Gasteiger partial charge in [0, 0.05) is 18.0 Å². The van der Waals surface area contributed by atoms with E-state index in [2.05, 4.69) is 9.98 Å². The molecule has 0 saturated carbocycles. The first-order chi connectivity index (χ1) is 5.86. The molecule has 12 heavy (non-hydrogen) atoms. The van der Waals surface area contributed by atoms with Crippen LogP contribution in [0, 0.1) is 0 Å². The third-order valence-electron chi connectivity index (χ3n) is 1.81. The maximum absolute atomic E-state index is 4.32. The summed E-state index contributed by atoms with van der Waals surface area (Å²) in [6.45, 7) is 2.02. The Kier molecular flexibility index (Phi) is 1.74. The molecule has 1 aromatic carbocycles. The number of rotatable bonds is 0. The Morgan fingerprint density at radius 1 is 1.25 bits per heavy atom. The average Bonchev–Trinajstić information content (AvgIpc) is 2.29. The first-order valence-electron chi connectivity index (χ1n) is 4.02. The van der Waals surface area contributed by atoms with E-state index in [-0.39, 0.29) is 6.04 Å². The van der Waals surface area contributed by atoms with Crippen molar-refractivity contribution in [2.75, 3.05) is 0 Å². The predicted octanol–water partition coefficient (Wildman–Crippen LogP) is 2.21. The van der Waals surface area contributed by atoms with Gasteiger partial charge >= 0.3 is 0 Å². The first kappa shape index (κ1) is 7.22. The highest BCUT2D eigenvalue weighted by Crippen LogP contribution is 2.18. The summed E-state index contributed by atoms with van der Waals surface area (Å²) in [4.78, 5) is 8.61. The molecule has 2 rings (SSSR count). The normalized spacial score (nSPS) is 20.2. The number of hydrogen-bond acceptors (Lipinski definition) is 2. The summed E-state index contributed by atoms with van der Waals surface area (Å²) in [6.07, 6.45) is 3.75. The van der Waals surface area contributed by atoms with Gasteiger partial charge in [0.1, 0.15) is 0 Å². The van der Waals surface area contributed by atoms with Crippen LogP contribution in [-0.2, 0) is 0 Å². The lowest BCUT2D eigenvalue weighted by Crippen LogP contribution is -1.96. The van der Waals surface area contributed by atoms with E-state index in [9.17, 15) is 0 Å². The van der Waals surface area contributed by atoms with Crippen LogP contribution in [0.25, 0.3) is 0 Å². The highest BCUT2D eigenvalue weighted by molar-refractivity contribution is 5.91. The van der Waals surface area contributed by atoms with E-state index < -0.39 is 0 Å². The molecule has 0 amide bonds. The Morgan fingerprint density at radius 3 is 3.00 bits per heavy atom. The Hall–Kier alpha value is -1.44. The van der Waals surface area contributed by atoms with Crippen LogP contribution in [0.5, 0.6) is 0 Å². The minimum absolute atomic E-state index is 0.192. The van der Waals surface area contributed by atoms with Crippen LogP contribution in [0.1, 0.15) is 12.5 Å². The van der Waals surface area contributed by atoms with Crippen LogP contribution in [0.4, 0.5) is 5.69 Å². The predicted molar refractivity (Wildman–Crippen MR) is 51.7 cm³/mol. The highest BCUT2D eigenvalue weighted by atomic mass is 14.8. The summed E-state index contributed by atoms with van der Waals surface area (Å²) < 4.78 is 0. The largest absolute Gasteiger partial charge is 0.284 e. The number of benzene rings is 1. The standard InChI is InChI=1S/C10H10N2/c1-8-6-12-10-5-3-2-4-9(10)7-11-8/h2-8H,1H3. The molecule has 2 nitrogen and oxygen atoms in total. The maximum atomic E-state index is 4.32. The fourth-order valence-electron chi connectivity index (χ4n) is 1.14. The molecule has 1 atom stereocenters. The summed E-state index contributed by atoms with van der Waals surface area (Å²) in [5, 5.41) is 0. The second kappa shape index (κ2) is 2.89. The molecule has 1 aromatic rings. The summed E-state index contributed by atoms with van der Waals surface area (Å²) in [7, 11) is 0. The van der Waals surface area contributed by atoms with Gasteiger partial charge in [-0.05, 0) is 13.0 Å². The van der Waals surface area contributed by atoms with Crippen molar-refractivity contribution < 1.29 is 0 Å². The van der Waals surface area contributed by atoms with E-state index in [1.807, 2.05) is 43.6 Å². The lowest BCUT2D eigenvalue weighted by Gasteiger charge is -1.94. The molecule has 0 fully saturated rings. The van der Waals surface area contributed by atoms with E-state index in [4.69, 9.17) is 0 Å². The van der Waals surface area contributed by atoms with Gasteiger partial charge in [-0.2, -0.15) is 0 Å². The quantitative estimate of drug-likeness (QED) is 0.553. The van der Waals surface area contributed by atoms with Crippen molar-refractivity contribution in [1.29, 1.82) is 0 Å². The smallest absolute Gasteiger partial charge is 0.0822 e. The van der Waals surface area contributed by atoms with Gasteiger partial charge < -0.3 is 0 Å². The van der Waals surface area contributed by atoms with Crippen LogP contribution in [0.3, 0.4) is 0 Å². The number of fused-ring (bicyclic) bond motifs is 1. The zero-order valence-corrected chi connectivity index (χ0v) is 6.94. The SMILES string of the molecule is CC1C=Nc2ccccc2C=N1. The van der Waals surface area contributed by atoms with Crippen molar-refractivity contribution >= 4 is 18.1 Å². The molecule has 1 heterocycles. The number of aliphatic imine (C=N–C) groups is 2. The van der Waals surface area contributed by atoms with Crippen molar-refractivity contribution in [1.82, 2.24) is 0 Å². The summed E-state index contributed by atoms with van der Waals surface area (Å²) in [6, 6.07) is 8.19. The summed E-state index contributed by atoms with van der Waals surface area (Å²) in [5.74, 6) is 0. The van der Waals surface area contributed by atoms with E-state index in [0.29, 0.717) is 0 Å². The van der Waals surface area contributed by atoms with Crippen molar-refractivity contribution in [3.63, 3.8) is 0 Å². The first-order valence-corrected chi connectivity index (χ1v) is 4.02. The highest BCUT2D eigenvalue weighted by Gasteiger charge is 2.01. The van der Waals surface area contributed by atoms with Crippen molar-refractivity contribution in [3.8, 4) is 0 Å². The van der Waals surface area contributed by atoms with Gasteiger partial charge in [-0.1, -0.05) is 18.2 Å². The number of hydrogen-bond donors (Lipinski definition) is 0. The second-order valence-corrected chi connectivity index (χ2v) is 2.86. The third-order valence-corrected chi connectivity index (χ3v) is 1.81. The third kappa shape index (κ3) is 1.28. The lowest BCUT2D eigenvalue weighted by atomic mass is 10.2. The Morgan fingerprint density at radius 2 is 2.08 bits per heavy atom. The van der Waals surface area contributed by atoms with Gasteiger partial charge in [-0.3, -0.25) is 9.98 Å². The fraction of sp³-hybridized carbons (Fsp3) is 0.200. The molecular formula is C10H10N2. The van der Waals surface area contributed by atoms with E-state index in [1.165, 1.54) is 0 Å². The molecule has 1 unspecified atom stereocenters. The molecule has 0 aromatic heterocycles. The summed E-state index contributed by atoms with van der Waals surface area (Å²) in [5.41, 5.74) is 2.10. The molecule has 0 saturated heterocycles. The fourth-order valence-corrected chi connectivity index (χ4v) is 1.14. The van der Waals surface area contributed by atoms with Gasteiger partial charge in [0.05, 0.1) is 11.7 Å². The summed E-state index contributed by atoms with van der Waals surface area (Å²) >= 11 is 0. The maximum Gasteiger partial charge on any atom is 0.0822 e. The lowest BCUT2D eigenvalue weighted by molar-refractivity contribution is 1.01. The Balaban J connectivity index is 2.52. The average molecular weight is 158 g/mol. The zero-order chi connectivity index (χ0) is 8.39. The van der Waals surface area contributed by atoms with Crippen LogP contribution in [-0.4, -0.2) is 18.5 Å². The molecule has 1 aliphatic rings. The van der Waals surface area contributed by atoms with Gasteiger partial charge in [0.2, 0.25) is 0 Å². The van der Waals surface area contributed by atoms with Crippen LogP contribution < -0.4 is 0 Å². The zero-order valence-electron chi connectivity index (χ0n) is 6.94. The van der Waals surface area contributed by atoms with Gasteiger partial charge in [0.15, 0.2) is 0 Å². The molecule has 1 aliphatic heterocycles. The molecule has 0 aliphatic carbocycles. The number of nitrogens with zero attached hydrogens (tertiary/aromatic N) is 2. The minimum Gasteiger partial charge on any atom is -0.284 e. The Bertz CT molecular complexity index is 306. The van der Waals surface area contributed by atoms with Crippen molar-refractivity contribution in [2.45, 2.75) is 13.0 Å². The van der Waals surface area contributed by atoms with Crippen LogP contribution in [0.2, 0.25) is 0 Å². The van der Waals surface area contributed by atoms with Crippen LogP contribution in [0.15, 0.2) is 34.3 Å². The molecular weight excluding hydrogens is 148 g/mol. The van der Waals surface area contributed by atoms with Crippen molar-refractivity contribution in [3.05, 3.63) is 29.8 Å². The van der Waals surface area contributed by atoms with Gasteiger partial charge in [0.25, 0.3) is 0 Å². The van der Waals surface area contributed by atoms with Gasteiger partial charge in [-0.25, -0.2) is 0 Å². The molecule has 0 radical (unpaired) electrons. The molecule has 0 bridgehead atoms. The van der Waals surface area contributed by atoms with E-state index in [1.54, 1.807) is 0 Å². The molecule has 0 spiro atoms. The van der Waals surface area contributed by atoms with Crippen LogP contribution >= 0.6 is 0 Å². The monoisotopic (exact) mass is 158 g/mol. The topological polar surface area (TPSA) is 24.7 Å². The minimum atomic E-state index is 0.192. The van der Waals surface area contributed by atoms with E-state index in [0.717, 1.165) is 11.3 Å². The van der Waals surface area contributed by atoms with Gasteiger partial charge in [-0.15, -0.1) is 0 Å². The molecule has 0 N–H and O–H groups in total.